The van der Waals surface area contributed by atoms with Gasteiger partial charge in [-0.25, -0.2) is 0 Å². The van der Waals surface area contributed by atoms with Crippen LogP contribution in [0.4, 0.5) is 24.5 Å². The third-order valence-corrected chi connectivity index (χ3v) is 5.24. The van der Waals surface area contributed by atoms with Crippen molar-refractivity contribution in [3.63, 3.8) is 0 Å². The van der Waals surface area contributed by atoms with E-state index in [0.717, 1.165) is 17.0 Å². The van der Waals surface area contributed by atoms with Gasteiger partial charge in [0.05, 0.1) is 21.5 Å². The molecule has 0 fully saturated rings. The fourth-order valence-electron chi connectivity index (χ4n) is 2.43. The molecule has 0 radical (unpaired) electrons. The number of hydrogen-bond acceptors (Lipinski definition) is 3. The van der Waals surface area contributed by atoms with Crippen molar-refractivity contribution in [1.82, 2.24) is 0 Å². The van der Waals surface area contributed by atoms with E-state index < -0.39 is 27.9 Å². The van der Waals surface area contributed by atoms with E-state index in [1.54, 1.807) is 12.1 Å². The van der Waals surface area contributed by atoms with E-state index in [-0.39, 0.29) is 18.0 Å². The number of nitrogens with one attached hydrogen (secondary N) is 2. The molecule has 2 aromatic carbocycles. The van der Waals surface area contributed by atoms with E-state index in [4.69, 9.17) is 11.6 Å². The largest absolute Gasteiger partial charge is 0.417 e. The lowest BCUT2D eigenvalue weighted by molar-refractivity contribution is -0.137. The molecule has 2 amide bonds. The first-order valence-corrected chi connectivity index (χ1v) is 8.73. The lowest BCUT2D eigenvalue weighted by atomic mass is 10.2. The average molecular weight is 401 g/mol. The SMILES string of the molecule is O=C(C[C@@H]1Sc2ccccc2NC1=O)Nc1ccc(Cl)c(C(F)(F)F)c1. The van der Waals surface area contributed by atoms with Crippen LogP contribution in [0.2, 0.25) is 5.02 Å². The summed E-state index contributed by atoms with van der Waals surface area (Å²) in [7, 11) is 0. The maximum absolute atomic E-state index is 12.9. The van der Waals surface area contributed by atoms with Gasteiger partial charge in [0.1, 0.15) is 0 Å². The number of fused-ring (bicyclic) bond motifs is 1. The zero-order valence-corrected chi connectivity index (χ0v) is 14.6. The second-order valence-electron chi connectivity index (χ2n) is 5.54. The monoisotopic (exact) mass is 400 g/mol. The predicted molar refractivity (Wildman–Crippen MR) is 94.4 cm³/mol. The Morgan fingerprint density at radius 2 is 1.96 bits per heavy atom. The van der Waals surface area contributed by atoms with Crippen molar-refractivity contribution in [2.75, 3.05) is 10.6 Å². The number of halogens is 4. The molecule has 1 aliphatic rings. The lowest BCUT2D eigenvalue weighted by Gasteiger charge is -2.23. The molecule has 26 heavy (non-hydrogen) atoms. The van der Waals surface area contributed by atoms with Gasteiger partial charge in [0.15, 0.2) is 0 Å². The summed E-state index contributed by atoms with van der Waals surface area (Å²) >= 11 is 6.79. The molecule has 2 aromatic rings. The smallest absolute Gasteiger partial charge is 0.326 e. The molecule has 9 heteroatoms. The van der Waals surface area contributed by atoms with Gasteiger partial charge in [0.2, 0.25) is 11.8 Å². The Kier molecular flexibility index (Phi) is 5.15. The summed E-state index contributed by atoms with van der Waals surface area (Å²) in [6.45, 7) is 0. The van der Waals surface area contributed by atoms with Crippen LogP contribution in [-0.4, -0.2) is 17.1 Å². The molecule has 0 unspecified atom stereocenters. The minimum atomic E-state index is -4.62. The van der Waals surface area contributed by atoms with Gasteiger partial charge in [0.25, 0.3) is 0 Å². The van der Waals surface area contributed by atoms with Crippen molar-refractivity contribution in [3.05, 3.63) is 53.1 Å². The van der Waals surface area contributed by atoms with Gasteiger partial charge in [-0.15, -0.1) is 11.8 Å². The van der Waals surface area contributed by atoms with Crippen molar-refractivity contribution >= 4 is 46.6 Å². The highest BCUT2D eigenvalue weighted by atomic mass is 35.5. The van der Waals surface area contributed by atoms with E-state index in [2.05, 4.69) is 10.6 Å². The van der Waals surface area contributed by atoms with E-state index in [1.807, 2.05) is 12.1 Å². The average Bonchev–Trinajstić information content (AvgIpc) is 2.56. The first kappa shape index (κ1) is 18.6. The number of alkyl halides is 3. The first-order chi connectivity index (χ1) is 12.2. The molecule has 0 aliphatic carbocycles. The minimum Gasteiger partial charge on any atom is -0.326 e. The van der Waals surface area contributed by atoms with Crippen LogP contribution in [0.5, 0.6) is 0 Å². The number of rotatable bonds is 3. The molecule has 0 spiro atoms. The predicted octanol–water partition coefficient (Wildman–Crippen LogP) is 4.80. The molecule has 0 saturated heterocycles. The lowest BCUT2D eigenvalue weighted by Crippen LogP contribution is -2.32. The Bertz CT molecular complexity index is 873. The zero-order valence-electron chi connectivity index (χ0n) is 13.1. The zero-order chi connectivity index (χ0) is 18.9. The Hall–Kier alpha value is -2.19. The fourth-order valence-corrected chi connectivity index (χ4v) is 3.76. The van der Waals surface area contributed by atoms with Crippen LogP contribution in [-0.2, 0) is 15.8 Å². The Labute approximate surface area is 156 Å². The van der Waals surface area contributed by atoms with Crippen molar-refractivity contribution in [3.8, 4) is 0 Å². The quantitative estimate of drug-likeness (QED) is 0.778. The van der Waals surface area contributed by atoms with Crippen LogP contribution in [0, 0.1) is 0 Å². The molecule has 1 heterocycles. The molecule has 2 N–H and O–H groups in total. The fraction of sp³-hybridized carbons (Fsp3) is 0.176. The summed E-state index contributed by atoms with van der Waals surface area (Å²) in [6, 6.07) is 10.3. The molecular weight excluding hydrogens is 389 g/mol. The molecule has 0 aromatic heterocycles. The van der Waals surface area contributed by atoms with Crippen LogP contribution >= 0.6 is 23.4 Å². The van der Waals surface area contributed by atoms with Gasteiger partial charge < -0.3 is 10.6 Å². The molecular formula is C17H12ClF3N2O2S. The summed E-state index contributed by atoms with van der Waals surface area (Å²) < 4.78 is 38.6. The third kappa shape index (κ3) is 4.13. The van der Waals surface area contributed by atoms with E-state index in [1.165, 1.54) is 17.8 Å². The summed E-state index contributed by atoms with van der Waals surface area (Å²) in [5.74, 6) is -0.886. The van der Waals surface area contributed by atoms with Gasteiger partial charge in [-0.3, -0.25) is 9.59 Å². The second kappa shape index (κ2) is 7.20. The van der Waals surface area contributed by atoms with Gasteiger partial charge in [-0.2, -0.15) is 13.2 Å². The van der Waals surface area contributed by atoms with Gasteiger partial charge in [-0.05, 0) is 30.3 Å². The number of thioether (sulfide) groups is 1. The molecule has 4 nitrogen and oxygen atoms in total. The maximum Gasteiger partial charge on any atom is 0.417 e. The van der Waals surface area contributed by atoms with E-state index in [0.29, 0.717) is 5.69 Å². The van der Waals surface area contributed by atoms with Crippen molar-refractivity contribution in [2.24, 2.45) is 0 Å². The van der Waals surface area contributed by atoms with Crippen molar-refractivity contribution in [2.45, 2.75) is 22.7 Å². The maximum atomic E-state index is 12.9. The number of anilines is 2. The van der Waals surface area contributed by atoms with Crippen LogP contribution in [0.15, 0.2) is 47.4 Å². The van der Waals surface area contributed by atoms with Crippen LogP contribution in [0.3, 0.4) is 0 Å². The number of carbonyl (C=O) groups excluding carboxylic acids is 2. The topological polar surface area (TPSA) is 58.2 Å². The summed E-state index contributed by atoms with van der Waals surface area (Å²) in [5.41, 5.74) is -0.393. The normalized spacial score (nSPS) is 16.6. The van der Waals surface area contributed by atoms with Gasteiger partial charge in [0, 0.05) is 17.0 Å². The first-order valence-electron chi connectivity index (χ1n) is 7.47. The van der Waals surface area contributed by atoms with Crippen LogP contribution in [0.1, 0.15) is 12.0 Å². The van der Waals surface area contributed by atoms with Gasteiger partial charge >= 0.3 is 6.18 Å². The highest BCUT2D eigenvalue weighted by Crippen LogP contribution is 2.38. The van der Waals surface area contributed by atoms with Crippen molar-refractivity contribution < 1.29 is 22.8 Å². The van der Waals surface area contributed by atoms with Crippen LogP contribution < -0.4 is 10.6 Å². The molecule has 1 aliphatic heterocycles. The van der Waals surface area contributed by atoms with E-state index >= 15 is 0 Å². The van der Waals surface area contributed by atoms with Crippen LogP contribution in [0.25, 0.3) is 0 Å². The standard InChI is InChI=1S/C17H12ClF3N2O2S/c18-11-6-5-9(7-10(11)17(19,20)21)22-15(24)8-14-16(25)23-12-3-1-2-4-13(12)26-14/h1-7,14H,8H2,(H,22,24)(H,23,25)/t14-/m0/s1. The summed E-state index contributed by atoms with van der Waals surface area (Å²) in [5, 5.41) is 3.98. The second-order valence-corrected chi connectivity index (χ2v) is 7.19. The molecule has 1 atom stereocenters. The van der Waals surface area contributed by atoms with Gasteiger partial charge in [-0.1, -0.05) is 23.7 Å². The third-order valence-electron chi connectivity index (χ3n) is 3.63. The molecule has 136 valence electrons. The summed E-state index contributed by atoms with van der Waals surface area (Å²) in [6.07, 6.45) is -4.80. The highest BCUT2D eigenvalue weighted by Gasteiger charge is 2.34. The number of carbonyl (C=O) groups is 2. The number of benzene rings is 2. The molecule has 0 saturated carbocycles. The Morgan fingerprint density at radius 3 is 2.69 bits per heavy atom. The highest BCUT2D eigenvalue weighted by molar-refractivity contribution is 8.01. The summed E-state index contributed by atoms with van der Waals surface area (Å²) in [4.78, 5) is 25.1. The molecule has 3 rings (SSSR count). The number of para-hydroxylation sites is 1. The molecule has 0 bridgehead atoms. The minimum absolute atomic E-state index is 0.0339. The van der Waals surface area contributed by atoms with E-state index in [9.17, 15) is 22.8 Å². The Morgan fingerprint density at radius 1 is 1.23 bits per heavy atom. The number of hydrogen-bond donors (Lipinski definition) is 2. The number of amides is 2. The Balaban J connectivity index is 1.69. The van der Waals surface area contributed by atoms with Crippen molar-refractivity contribution in [1.29, 1.82) is 0 Å².